The minimum absolute atomic E-state index is 0.358. The molecule has 0 aliphatic carbocycles. The van der Waals surface area contributed by atoms with E-state index in [4.69, 9.17) is 0 Å². The van der Waals surface area contributed by atoms with Crippen molar-refractivity contribution in [3.63, 3.8) is 0 Å². The van der Waals surface area contributed by atoms with Gasteiger partial charge in [-0.25, -0.2) is 0 Å². The second-order valence-electron chi connectivity index (χ2n) is 4.02. The summed E-state index contributed by atoms with van der Waals surface area (Å²) in [6, 6.07) is 0. The van der Waals surface area contributed by atoms with Crippen LogP contribution in [0.1, 0.15) is 40.0 Å². The fourth-order valence-corrected chi connectivity index (χ4v) is 1.26. The summed E-state index contributed by atoms with van der Waals surface area (Å²) in [5, 5.41) is 0. The SMILES string of the molecule is CCC(C)(C)N(C)CCCCS. The Balaban J connectivity index is 3.63. The summed E-state index contributed by atoms with van der Waals surface area (Å²) in [6.07, 6.45) is 3.71. The van der Waals surface area contributed by atoms with E-state index >= 15 is 0 Å². The maximum Gasteiger partial charge on any atom is 0.0147 e. The van der Waals surface area contributed by atoms with E-state index in [1.54, 1.807) is 0 Å². The molecule has 74 valence electrons. The van der Waals surface area contributed by atoms with Crippen LogP contribution in [0.2, 0.25) is 0 Å². The summed E-state index contributed by atoms with van der Waals surface area (Å²) in [4.78, 5) is 2.44. The van der Waals surface area contributed by atoms with Crippen LogP contribution in [0.25, 0.3) is 0 Å². The Bertz CT molecular complexity index is 112. The van der Waals surface area contributed by atoms with Gasteiger partial charge in [-0.05, 0) is 52.5 Å². The average Bonchev–Trinajstić information content (AvgIpc) is 2.05. The van der Waals surface area contributed by atoms with Crippen molar-refractivity contribution in [1.29, 1.82) is 0 Å². The fraction of sp³-hybridized carbons (Fsp3) is 1.00. The molecule has 0 bridgehead atoms. The Kier molecular flexibility index (Phi) is 6.02. The fourth-order valence-electron chi connectivity index (χ4n) is 1.03. The minimum Gasteiger partial charge on any atom is -0.301 e. The van der Waals surface area contributed by atoms with Crippen LogP contribution < -0.4 is 0 Å². The van der Waals surface area contributed by atoms with Crippen molar-refractivity contribution in [2.75, 3.05) is 19.3 Å². The van der Waals surface area contributed by atoms with Crippen LogP contribution in [0, 0.1) is 0 Å². The van der Waals surface area contributed by atoms with Gasteiger partial charge in [-0.3, -0.25) is 0 Å². The van der Waals surface area contributed by atoms with Gasteiger partial charge in [-0.15, -0.1) is 0 Å². The van der Waals surface area contributed by atoms with E-state index in [1.807, 2.05) is 0 Å². The van der Waals surface area contributed by atoms with Crippen molar-refractivity contribution in [2.24, 2.45) is 0 Å². The number of thiol groups is 1. The zero-order valence-electron chi connectivity index (χ0n) is 8.93. The Morgan fingerprint density at radius 2 is 1.83 bits per heavy atom. The van der Waals surface area contributed by atoms with E-state index in [-0.39, 0.29) is 0 Å². The second-order valence-corrected chi connectivity index (χ2v) is 4.47. The lowest BCUT2D eigenvalue weighted by molar-refractivity contribution is 0.149. The smallest absolute Gasteiger partial charge is 0.0147 e. The molecule has 0 unspecified atom stereocenters. The number of hydrogen-bond donors (Lipinski definition) is 1. The zero-order valence-corrected chi connectivity index (χ0v) is 9.82. The molecule has 0 aliphatic heterocycles. The van der Waals surface area contributed by atoms with Crippen LogP contribution in [0.5, 0.6) is 0 Å². The molecule has 0 atom stereocenters. The van der Waals surface area contributed by atoms with E-state index < -0.39 is 0 Å². The van der Waals surface area contributed by atoms with Gasteiger partial charge in [-0.1, -0.05) is 6.92 Å². The van der Waals surface area contributed by atoms with Crippen molar-refractivity contribution in [2.45, 2.75) is 45.6 Å². The first-order valence-corrected chi connectivity index (χ1v) is 5.50. The van der Waals surface area contributed by atoms with Gasteiger partial charge in [0.2, 0.25) is 0 Å². The first kappa shape index (κ1) is 12.3. The van der Waals surface area contributed by atoms with Gasteiger partial charge >= 0.3 is 0 Å². The lowest BCUT2D eigenvalue weighted by Crippen LogP contribution is -2.40. The second kappa shape index (κ2) is 5.87. The van der Waals surface area contributed by atoms with Gasteiger partial charge in [-0.2, -0.15) is 12.6 Å². The van der Waals surface area contributed by atoms with Crippen LogP contribution in [0.3, 0.4) is 0 Å². The van der Waals surface area contributed by atoms with Gasteiger partial charge < -0.3 is 4.90 Å². The highest BCUT2D eigenvalue weighted by molar-refractivity contribution is 7.80. The molecule has 0 amide bonds. The number of unbranched alkanes of at least 4 members (excludes halogenated alkanes) is 1. The Morgan fingerprint density at radius 1 is 1.25 bits per heavy atom. The van der Waals surface area contributed by atoms with Gasteiger partial charge in [0.1, 0.15) is 0 Å². The molecule has 2 heteroatoms. The van der Waals surface area contributed by atoms with E-state index in [1.165, 1.54) is 25.8 Å². The molecule has 1 nitrogen and oxygen atoms in total. The molecule has 0 aromatic carbocycles. The predicted octanol–water partition coefficient (Wildman–Crippen LogP) is 2.82. The van der Waals surface area contributed by atoms with Crippen molar-refractivity contribution < 1.29 is 0 Å². The average molecular weight is 189 g/mol. The Hall–Kier alpha value is 0.310. The molecule has 0 aromatic heterocycles. The van der Waals surface area contributed by atoms with Gasteiger partial charge in [0.05, 0.1) is 0 Å². The molecular weight excluding hydrogens is 166 g/mol. The molecule has 0 N–H and O–H groups in total. The van der Waals surface area contributed by atoms with E-state index in [0.29, 0.717) is 5.54 Å². The summed E-state index contributed by atoms with van der Waals surface area (Å²) in [6.45, 7) is 8.04. The first-order chi connectivity index (χ1) is 5.54. The number of rotatable bonds is 6. The van der Waals surface area contributed by atoms with E-state index in [2.05, 4.69) is 45.3 Å². The molecule has 0 heterocycles. The summed E-state index contributed by atoms with van der Waals surface area (Å²) in [5.41, 5.74) is 0.358. The van der Waals surface area contributed by atoms with E-state index in [9.17, 15) is 0 Å². The van der Waals surface area contributed by atoms with Gasteiger partial charge in [0.15, 0.2) is 0 Å². The maximum absolute atomic E-state index is 4.20. The largest absolute Gasteiger partial charge is 0.301 e. The molecule has 0 aliphatic rings. The van der Waals surface area contributed by atoms with Gasteiger partial charge in [0.25, 0.3) is 0 Å². The molecule has 0 fully saturated rings. The number of nitrogens with zero attached hydrogens (tertiary/aromatic N) is 1. The third kappa shape index (κ3) is 4.36. The number of hydrogen-bond acceptors (Lipinski definition) is 2. The third-order valence-corrected chi connectivity index (χ3v) is 3.12. The highest BCUT2D eigenvalue weighted by Gasteiger charge is 2.19. The van der Waals surface area contributed by atoms with Crippen molar-refractivity contribution >= 4 is 12.6 Å². The molecule has 0 rings (SSSR count). The zero-order chi connectivity index (χ0) is 9.61. The minimum atomic E-state index is 0.358. The molecule has 0 spiro atoms. The molecule has 0 aromatic rings. The van der Waals surface area contributed by atoms with Crippen LogP contribution in [-0.4, -0.2) is 29.8 Å². The van der Waals surface area contributed by atoms with Crippen molar-refractivity contribution in [3.05, 3.63) is 0 Å². The summed E-state index contributed by atoms with van der Waals surface area (Å²) in [5.74, 6) is 1.01. The summed E-state index contributed by atoms with van der Waals surface area (Å²) < 4.78 is 0. The quantitative estimate of drug-likeness (QED) is 0.497. The molecule has 0 saturated heterocycles. The highest BCUT2D eigenvalue weighted by Crippen LogP contribution is 2.16. The van der Waals surface area contributed by atoms with E-state index in [0.717, 1.165) is 5.75 Å². The van der Waals surface area contributed by atoms with Gasteiger partial charge in [0, 0.05) is 5.54 Å². The summed E-state index contributed by atoms with van der Waals surface area (Å²) in [7, 11) is 2.21. The third-order valence-electron chi connectivity index (χ3n) is 2.80. The first-order valence-electron chi connectivity index (χ1n) is 4.86. The van der Waals surface area contributed by atoms with Crippen LogP contribution >= 0.6 is 12.6 Å². The predicted molar refractivity (Wildman–Crippen MR) is 60.1 cm³/mol. The van der Waals surface area contributed by atoms with Crippen LogP contribution in [0.4, 0.5) is 0 Å². The van der Waals surface area contributed by atoms with Crippen LogP contribution in [-0.2, 0) is 0 Å². The normalized spacial score (nSPS) is 12.5. The van der Waals surface area contributed by atoms with Crippen molar-refractivity contribution in [1.82, 2.24) is 4.90 Å². The maximum atomic E-state index is 4.20. The Labute approximate surface area is 82.9 Å². The molecule has 12 heavy (non-hydrogen) atoms. The molecular formula is C10H23NS. The molecule has 0 saturated carbocycles. The summed E-state index contributed by atoms with van der Waals surface area (Å²) >= 11 is 4.20. The topological polar surface area (TPSA) is 3.24 Å². The molecule has 0 radical (unpaired) electrons. The van der Waals surface area contributed by atoms with Crippen LogP contribution in [0.15, 0.2) is 0 Å². The van der Waals surface area contributed by atoms with Crippen molar-refractivity contribution in [3.8, 4) is 0 Å². The lowest BCUT2D eigenvalue weighted by atomic mass is 10.00. The monoisotopic (exact) mass is 189 g/mol. The Morgan fingerprint density at radius 3 is 2.25 bits per heavy atom. The lowest BCUT2D eigenvalue weighted by Gasteiger charge is -2.34. The standard InChI is InChI=1S/C10H23NS/c1-5-10(2,3)11(4)8-6-7-9-12/h12H,5-9H2,1-4H3. The highest BCUT2D eigenvalue weighted by atomic mass is 32.1.